The number of halogens is 1. The summed E-state index contributed by atoms with van der Waals surface area (Å²) in [5.74, 6) is 0.440. The number of amides is 2. The number of hydrogen-bond acceptors (Lipinski definition) is 5. The summed E-state index contributed by atoms with van der Waals surface area (Å²) < 4.78 is 0. The molecule has 1 aliphatic heterocycles. The van der Waals surface area contributed by atoms with Crippen LogP contribution in [-0.4, -0.2) is 46.0 Å². The van der Waals surface area contributed by atoms with Crippen LogP contribution in [-0.2, 0) is 9.59 Å². The van der Waals surface area contributed by atoms with Crippen molar-refractivity contribution in [2.45, 2.75) is 51.0 Å². The summed E-state index contributed by atoms with van der Waals surface area (Å²) >= 11 is 6.33. The Morgan fingerprint density at radius 2 is 2.00 bits per heavy atom. The number of piperidine rings is 1. The minimum absolute atomic E-state index is 0.118. The van der Waals surface area contributed by atoms with Gasteiger partial charge in [-0.1, -0.05) is 30.9 Å². The summed E-state index contributed by atoms with van der Waals surface area (Å²) in [6.45, 7) is 1.50. The molecule has 1 saturated carbocycles. The van der Waals surface area contributed by atoms with E-state index < -0.39 is 5.91 Å². The largest absolute Gasteiger partial charge is 0.364 e. The van der Waals surface area contributed by atoms with Crippen LogP contribution < -0.4 is 10.8 Å². The van der Waals surface area contributed by atoms with Gasteiger partial charge in [0.25, 0.3) is 5.91 Å². The molecule has 2 aliphatic rings. The minimum Gasteiger partial charge on any atom is -0.364 e. The van der Waals surface area contributed by atoms with Crippen molar-refractivity contribution in [2.24, 2.45) is 5.92 Å². The number of nitrogens with zero attached hydrogens (tertiary/aromatic N) is 2. The number of likely N-dealkylation sites (tertiary alicyclic amines) is 1. The van der Waals surface area contributed by atoms with E-state index in [1.165, 1.54) is 24.1 Å². The summed E-state index contributed by atoms with van der Waals surface area (Å²) in [6, 6.07) is 1.82. The predicted molar refractivity (Wildman–Crippen MR) is 108 cm³/mol. The lowest BCUT2D eigenvalue weighted by molar-refractivity contribution is -0.137. The highest BCUT2D eigenvalue weighted by atomic mass is 35.5. The number of hydrogen-bond donors (Lipinski definition) is 3. The highest BCUT2D eigenvalue weighted by molar-refractivity contribution is 6.33. The van der Waals surface area contributed by atoms with Crippen LogP contribution in [0.1, 0.15) is 50.5 Å². The molecular weight excluding hydrogens is 380 g/mol. The molecule has 152 valence electrons. The minimum atomic E-state index is -0.622. The first-order valence-electron chi connectivity index (χ1n) is 9.90. The van der Waals surface area contributed by atoms with Crippen molar-refractivity contribution in [3.63, 3.8) is 0 Å². The molecule has 1 aliphatic carbocycles. The van der Waals surface area contributed by atoms with Gasteiger partial charge in [-0.2, -0.15) is 0 Å². The van der Waals surface area contributed by atoms with Crippen LogP contribution in [0.5, 0.6) is 0 Å². The third-order valence-corrected chi connectivity index (χ3v) is 5.72. The number of rotatable bonds is 5. The molecule has 2 amide bonds. The van der Waals surface area contributed by atoms with Crippen molar-refractivity contribution in [3.8, 4) is 0 Å². The van der Waals surface area contributed by atoms with Crippen LogP contribution in [0.4, 0.5) is 5.82 Å². The number of nitrogens with one attached hydrogen (secondary N) is 2. The van der Waals surface area contributed by atoms with Crippen molar-refractivity contribution in [1.82, 2.24) is 15.4 Å². The molecule has 8 heteroatoms. The maximum Gasteiger partial charge on any atom is 0.267 e. The Bertz CT molecular complexity index is 734. The van der Waals surface area contributed by atoms with E-state index in [0.717, 1.165) is 45.1 Å². The standard InChI is InChI=1S/C20H27ClN4O3/c21-17-11-14(8-9-18(26)24-28)12-22-19(17)23-16-7-4-10-25(13-16)20(27)15-5-2-1-3-6-15/h8-9,11-12,15-16,28H,1-7,10,13H2,(H,22,23)(H,24,26)/t16-/m1/s1. The molecule has 28 heavy (non-hydrogen) atoms. The van der Waals surface area contributed by atoms with Gasteiger partial charge in [0.1, 0.15) is 5.82 Å². The fraction of sp³-hybridized carbons (Fsp3) is 0.550. The Balaban J connectivity index is 1.59. The zero-order valence-corrected chi connectivity index (χ0v) is 16.6. The second-order valence-corrected chi connectivity index (χ2v) is 7.92. The van der Waals surface area contributed by atoms with Gasteiger partial charge in [-0.3, -0.25) is 14.8 Å². The molecule has 0 bridgehead atoms. The first-order chi connectivity index (χ1) is 13.6. The van der Waals surface area contributed by atoms with E-state index in [4.69, 9.17) is 16.8 Å². The van der Waals surface area contributed by atoms with Crippen LogP contribution in [0.3, 0.4) is 0 Å². The van der Waals surface area contributed by atoms with Gasteiger partial charge in [0, 0.05) is 37.3 Å². The average Bonchev–Trinajstić information content (AvgIpc) is 2.74. The quantitative estimate of drug-likeness (QED) is 0.396. The topological polar surface area (TPSA) is 94.6 Å². The fourth-order valence-corrected chi connectivity index (χ4v) is 4.18. The maximum atomic E-state index is 12.8. The molecule has 1 aromatic heterocycles. The normalized spacial score (nSPS) is 20.9. The molecular formula is C20H27ClN4O3. The van der Waals surface area contributed by atoms with Crippen molar-refractivity contribution in [1.29, 1.82) is 0 Å². The first-order valence-corrected chi connectivity index (χ1v) is 10.3. The summed E-state index contributed by atoms with van der Waals surface area (Å²) in [5, 5.41) is 12.3. The molecule has 3 rings (SSSR count). The molecule has 3 N–H and O–H groups in total. The number of carbonyl (C=O) groups excluding carboxylic acids is 2. The molecule has 1 saturated heterocycles. The van der Waals surface area contributed by atoms with E-state index in [-0.39, 0.29) is 12.0 Å². The summed E-state index contributed by atoms with van der Waals surface area (Å²) in [4.78, 5) is 30.2. The van der Waals surface area contributed by atoms with Gasteiger partial charge in [-0.15, -0.1) is 0 Å². The van der Waals surface area contributed by atoms with Crippen LogP contribution in [0.25, 0.3) is 6.08 Å². The summed E-state index contributed by atoms with van der Waals surface area (Å²) in [5.41, 5.74) is 2.18. The average molecular weight is 407 g/mol. The number of aromatic nitrogens is 1. The van der Waals surface area contributed by atoms with E-state index in [0.29, 0.717) is 28.9 Å². The van der Waals surface area contributed by atoms with E-state index >= 15 is 0 Å². The van der Waals surface area contributed by atoms with Gasteiger partial charge in [0.05, 0.1) is 5.02 Å². The van der Waals surface area contributed by atoms with Crippen LogP contribution >= 0.6 is 11.6 Å². The Morgan fingerprint density at radius 3 is 2.71 bits per heavy atom. The smallest absolute Gasteiger partial charge is 0.267 e. The molecule has 1 aromatic rings. The van der Waals surface area contributed by atoms with Crippen molar-refractivity contribution < 1.29 is 14.8 Å². The Hall–Kier alpha value is -2.12. The lowest BCUT2D eigenvalue weighted by Crippen LogP contribution is -2.47. The van der Waals surface area contributed by atoms with E-state index in [9.17, 15) is 9.59 Å². The van der Waals surface area contributed by atoms with E-state index in [2.05, 4.69) is 10.3 Å². The van der Waals surface area contributed by atoms with Gasteiger partial charge in [-0.05, 0) is 43.4 Å². The van der Waals surface area contributed by atoms with Crippen molar-refractivity contribution in [3.05, 3.63) is 28.9 Å². The van der Waals surface area contributed by atoms with Gasteiger partial charge < -0.3 is 10.2 Å². The first kappa shape index (κ1) is 20.6. The highest BCUT2D eigenvalue weighted by Gasteiger charge is 2.30. The van der Waals surface area contributed by atoms with Gasteiger partial charge in [0.15, 0.2) is 0 Å². The summed E-state index contributed by atoms with van der Waals surface area (Å²) in [7, 11) is 0. The summed E-state index contributed by atoms with van der Waals surface area (Å²) in [6.07, 6.45) is 11.8. The monoisotopic (exact) mass is 406 g/mol. The lowest BCUT2D eigenvalue weighted by Gasteiger charge is -2.36. The molecule has 2 fully saturated rings. The molecule has 1 atom stereocenters. The highest BCUT2D eigenvalue weighted by Crippen LogP contribution is 2.28. The lowest BCUT2D eigenvalue weighted by atomic mass is 9.87. The molecule has 0 unspecified atom stereocenters. The molecule has 2 heterocycles. The Labute approximate surface area is 170 Å². The predicted octanol–water partition coefficient (Wildman–Crippen LogP) is 3.24. The van der Waals surface area contributed by atoms with Gasteiger partial charge in [0.2, 0.25) is 5.91 Å². The van der Waals surface area contributed by atoms with E-state index in [1.54, 1.807) is 12.3 Å². The third kappa shape index (κ3) is 5.45. The number of pyridine rings is 1. The Kier molecular flexibility index (Phi) is 7.28. The van der Waals surface area contributed by atoms with E-state index in [1.807, 2.05) is 4.90 Å². The Morgan fingerprint density at radius 1 is 1.21 bits per heavy atom. The van der Waals surface area contributed by atoms with Gasteiger partial charge in [-0.25, -0.2) is 10.5 Å². The third-order valence-electron chi connectivity index (χ3n) is 5.43. The van der Waals surface area contributed by atoms with Crippen LogP contribution in [0.2, 0.25) is 5.02 Å². The zero-order valence-electron chi connectivity index (χ0n) is 15.9. The van der Waals surface area contributed by atoms with Crippen molar-refractivity contribution in [2.75, 3.05) is 18.4 Å². The molecule has 7 nitrogen and oxygen atoms in total. The van der Waals surface area contributed by atoms with Crippen LogP contribution in [0.15, 0.2) is 18.3 Å². The molecule has 0 spiro atoms. The van der Waals surface area contributed by atoms with Gasteiger partial charge >= 0.3 is 0 Å². The second kappa shape index (κ2) is 9.89. The zero-order chi connectivity index (χ0) is 19.9. The van der Waals surface area contributed by atoms with Crippen LogP contribution in [0, 0.1) is 5.92 Å². The fourth-order valence-electron chi connectivity index (χ4n) is 3.96. The van der Waals surface area contributed by atoms with Crippen molar-refractivity contribution >= 4 is 35.3 Å². The maximum absolute atomic E-state index is 12.8. The number of anilines is 1. The molecule has 0 aromatic carbocycles. The molecule has 0 radical (unpaired) electrons. The number of hydroxylamine groups is 1. The number of carbonyl (C=O) groups is 2. The second-order valence-electron chi connectivity index (χ2n) is 7.51. The SMILES string of the molecule is O=C(C=Cc1cnc(N[C@@H]2CCCN(C(=O)C3CCCCC3)C2)c(Cl)c1)NO.